The molecule has 2 aromatic carbocycles. The van der Waals surface area contributed by atoms with Crippen LogP contribution in [0.5, 0.6) is 0 Å². The van der Waals surface area contributed by atoms with Gasteiger partial charge in [-0.2, -0.15) is 0 Å². The number of rotatable bonds is 3. The number of pyridine rings is 1. The van der Waals surface area contributed by atoms with Crippen molar-refractivity contribution in [3.63, 3.8) is 0 Å². The first-order valence-corrected chi connectivity index (χ1v) is 12.9. The average Bonchev–Trinajstić information content (AvgIpc) is 3.15. The highest BCUT2D eigenvalue weighted by atomic mass is 32.2. The number of anilines is 2. The number of nitrogens with one attached hydrogen (secondary N) is 1. The molecule has 7 nitrogen and oxygen atoms in total. The molecule has 33 heavy (non-hydrogen) atoms. The third-order valence-corrected chi connectivity index (χ3v) is 7.83. The molecule has 1 N–H and O–H groups in total. The van der Waals surface area contributed by atoms with Crippen LogP contribution in [-0.4, -0.2) is 50.2 Å². The van der Waals surface area contributed by atoms with Gasteiger partial charge in [-0.15, -0.1) is 0 Å². The summed E-state index contributed by atoms with van der Waals surface area (Å²) in [6.07, 6.45) is 4.43. The van der Waals surface area contributed by atoms with Gasteiger partial charge in [0, 0.05) is 36.8 Å². The van der Waals surface area contributed by atoms with Gasteiger partial charge in [0.2, 0.25) is 10.0 Å². The van der Waals surface area contributed by atoms with E-state index in [-0.39, 0.29) is 11.4 Å². The number of carbonyl (C=O) groups excluding carboxylic acids is 1. The van der Waals surface area contributed by atoms with Gasteiger partial charge in [0.25, 0.3) is 0 Å². The van der Waals surface area contributed by atoms with Crippen molar-refractivity contribution >= 4 is 27.6 Å². The molecule has 0 saturated carbocycles. The smallest absolute Gasteiger partial charge is 0.323 e. The largest absolute Gasteiger partial charge is 0.324 e. The van der Waals surface area contributed by atoms with E-state index >= 15 is 0 Å². The number of amides is 2. The van der Waals surface area contributed by atoms with Crippen LogP contribution in [0.3, 0.4) is 0 Å². The Kier molecular flexibility index (Phi) is 5.32. The Hall–Kier alpha value is -3.39. The minimum atomic E-state index is -3.35. The number of piperidine rings is 1. The van der Waals surface area contributed by atoms with E-state index in [4.69, 9.17) is 0 Å². The molecule has 1 aromatic heterocycles. The highest BCUT2D eigenvalue weighted by molar-refractivity contribution is 7.92. The van der Waals surface area contributed by atoms with Crippen LogP contribution in [0.15, 0.2) is 72.9 Å². The Morgan fingerprint density at radius 1 is 0.939 bits per heavy atom. The summed E-state index contributed by atoms with van der Waals surface area (Å²) >= 11 is 0. The van der Waals surface area contributed by atoms with E-state index in [2.05, 4.69) is 10.3 Å². The van der Waals surface area contributed by atoms with Crippen molar-refractivity contribution in [3.8, 4) is 11.1 Å². The van der Waals surface area contributed by atoms with Crippen LogP contribution in [0, 0.1) is 0 Å². The second-order valence-electron chi connectivity index (χ2n) is 8.78. The number of hydrogen-bond acceptors (Lipinski definition) is 4. The molecular weight excluding hydrogens is 436 g/mol. The first-order valence-electron chi connectivity index (χ1n) is 11.0. The Balaban J connectivity index is 1.26. The molecule has 170 valence electrons. The molecule has 0 radical (unpaired) electrons. The van der Waals surface area contributed by atoms with Crippen molar-refractivity contribution in [1.82, 2.24) is 9.88 Å². The van der Waals surface area contributed by atoms with Crippen molar-refractivity contribution < 1.29 is 13.2 Å². The lowest BCUT2D eigenvalue weighted by Gasteiger charge is -2.39. The lowest BCUT2D eigenvalue weighted by molar-refractivity contribution is 0.173. The molecular formula is C25H26N4O3S. The van der Waals surface area contributed by atoms with Gasteiger partial charge in [-0.1, -0.05) is 48.5 Å². The van der Waals surface area contributed by atoms with Crippen LogP contribution in [0.2, 0.25) is 0 Å². The van der Waals surface area contributed by atoms with Crippen LogP contribution in [0.1, 0.15) is 18.4 Å². The summed E-state index contributed by atoms with van der Waals surface area (Å²) in [7, 11) is -3.35. The first-order chi connectivity index (χ1) is 15.9. The zero-order chi connectivity index (χ0) is 23.1. The predicted octanol–water partition coefficient (Wildman–Crippen LogP) is 4.09. The van der Waals surface area contributed by atoms with E-state index in [9.17, 15) is 13.2 Å². The molecule has 0 bridgehead atoms. The lowest BCUT2D eigenvalue weighted by atomic mass is 9.74. The summed E-state index contributed by atoms with van der Waals surface area (Å²) in [6.45, 7) is 1.54. The number of carbonyl (C=O) groups is 1. The zero-order valence-corrected chi connectivity index (χ0v) is 19.3. The monoisotopic (exact) mass is 462 g/mol. The SMILES string of the molecule is CS(=O)(=O)N1CC2(CCN(C(=O)Nc3ccc(-c4ccccc4)cn3)CC2)c2ccccc21. The van der Waals surface area contributed by atoms with E-state index in [0.29, 0.717) is 38.3 Å². The fourth-order valence-electron chi connectivity index (χ4n) is 4.90. The standard InChI is InChI=1S/C25H26N4O3S/c1-33(31,32)29-18-25(21-9-5-6-10-22(21)29)13-15-28(16-14-25)24(30)27-23-12-11-20(17-26-23)19-7-3-2-4-8-19/h2-12,17H,13-16,18H2,1H3,(H,26,27,30). The third-order valence-electron chi connectivity index (χ3n) is 6.70. The van der Waals surface area contributed by atoms with E-state index in [1.807, 2.05) is 66.7 Å². The van der Waals surface area contributed by atoms with Crippen LogP contribution in [0.25, 0.3) is 11.1 Å². The van der Waals surface area contributed by atoms with Gasteiger partial charge in [0.1, 0.15) is 5.82 Å². The second kappa shape index (κ2) is 8.19. The summed E-state index contributed by atoms with van der Waals surface area (Å²) in [4.78, 5) is 19.0. The number of para-hydroxylation sites is 1. The first kappa shape index (κ1) is 21.5. The molecule has 8 heteroatoms. The molecule has 0 aliphatic carbocycles. The van der Waals surface area contributed by atoms with Gasteiger partial charge in [0.05, 0.1) is 11.9 Å². The topological polar surface area (TPSA) is 82.6 Å². The Morgan fingerprint density at radius 3 is 2.30 bits per heavy atom. The number of hydrogen-bond donors (Lipinski definition) is 1. The predicted molar refractivity (Wildman–Crippen MR) is 130 cm³/mol. The average molecular weight is 463 g/mol. The number of sulfonamides is 1. The Labute approximate surface area is 194 Å². The summed E-state index contributed by atoms with van der Waals surface area (Å²) in [6, 6.07) is 21.2. The van der Waals surface area contributed by atoms with E-state index in [0.717, 1.165) is 22.4 Å². The Bertz CT molecular complexity index is 1270. The second-order valence-corrected chi connectivity index (χ2v) is 10.7. The minimum Gasteiger partial charge on any atom is -0.324 e. The maximum Gasteiger partial charge on any atom is 0.323 e. The summed E-state index contributed by atoms with van der Waals surface area (Å²) in [5, 5.41) is 2.89. The quantitative estimate of drug-likeness (QED) is 0.636. The fraction of sp³-hybridized carbons (Fsp3) is 0.280. The van der Waals surface area contributed by atoms with Crippen molar-refractivity contribution in [2.24, 2.45) is 0 Å². The van der Waals surface area contributed by atoms with Gasteiger partial charge in [-0.05, 0) is 42.2 Å². The number of aromatic nitrogens is 1. The maximum absolute atomic E-state index is 12.9. The van der Waals surface area contributed by atoms with Crippen LogP contribution in [0.4, 0.5) is 16.3 Å². The van der Waals surface area contributed by atoms with Gasteiger partial charge >= 0.3 is 6.03 Å². The lowest BCUT2D eigenvalue weighted by Crippen LogP contribution is -2.48. The normalized spacial score (nSPS) is 17.1. The molecule has 1 saturated heterocycles. The molecule has 1 spiro atoms. The van der Waals surface area contributed by atoms with Crippen molar-refractivity contribution in [2.45, 2.75) is 18.3 Å². The third kappa shape index (κ3) is 4.06. The molecule has 3 aromatic rings. The number of benzene rings is 2. The van der Waals surface area contributed by atoms with Crippen molar-refractivity contribution in [2.75, 3.05) is 35.5 Å². The summed E-state index contributed by atoms with van der Waals surface area (Å²) < 4.78 is 26.2. The minimum absolute atomic E-state index is 0.184. The number of fused-ring (bicyclic) bond motifs is 2. The highest BCUT2D eigenvalue weighted by Crippen LogP contribution is 2.47. The van der Waals surface area contributed by atoms with Crippen molar-refractivity contribution in [3.05, 3.63) is 78.5 Å². The zero-order valence-electron chi connectivity index (χ0n) is 18.4. The van der Waals surface area contributed by atoms with E-state index in [1.165, 1.54) is 10.6 Å². The van der Waals surface area contributed by atoms with Gasteiger partial charge in [-0.25, -0.2) is 18.2 Å². The molecule has 1 fully saturated rings. The van der Waals surface area contributed by atoms with E-state index < -0.39 is 10.0 Å². The van der Waals surface area contributed by atoms with Gasteiger partial charge < -0.3 is 4.90 Å². The number of likely N-dealkylation sites (tertiary alicyclic amines) is 1. The molecule has 2 amide bonds. The molecule has 2 aliphatic heterocycles. The highest BCUT2D eigenvalue weighted by Gasteiger charge is 2.47. The Morgan fingerprint density at radius 2 is 1.64 bits per heavy atom. The summed E-state index contributed by atoms with van der Waals surface area (Å²) in [5.41, 5.74) is 3.63. The molecule has 0 atom stereocenters. The molecule has 0 unspecified atom stereocenters. The van der Waals surface area contributed by atoms with Gasteiger partial charge in [-0.3, -0.25) is 9.62 Å². The van der Waals surface area contributed by atoms with Crippen molar-refractivity contribution in [1.29, 1.82) is 0 Å². The van der Waals surface area contributed by atoms with Crippen LogP contribution >= 0.6 is 0 Å². The fourth-order valence-corrected chi connectivity index (χ4v) is 5.90. The molecule has 3 heterocycles. The molecule has 5 rings (SSSR count). The van der Waals surface area contributed by atoms with Crippen LogP contribution < -0.4 is 9.62 Å². The van der Waals surface area contributed by atoms with E-state index in [1.54, 1.807) is 11.1 Å². The molecule has 2 aliphatic rings. The number of nitrogens with zero attached hydrogens (tertiary/aromatic N) is 3. The maximum atomic E-state index is 12.9. The van der Waals surface area contributed by atoms with Crippen LogP contribution in [-0.2, 0) is 15.4 Å². The number of urea groups is 1. The van der Waals surface area contributed by atoms with Gasteiger partial charge in [0.15, 0.2) is 0 Å². The summed E-state index contributed by atoms with van der Waals surface area (Å²) in [5.74, 6) is 0.509.